The summed E-state index contributed by atoms with van der Waals surface area (Å²) in [5.41, 5.74) is -1.14. The molecule has 0 saturated carbocycles. The second kappa shape index (κ2) is 9.60. The maximum absolute atomic E-state index is 15.8. The standard InChI is InChI=1S/C27H28F2N2O4/c1-5-34-25-18-9-6-8-17(16(18)13-14-30-25)24(32)22-20(28)12-11-19(23(22)29)21-10-7-15-31(21)26(33)35-27(2,3)4/h6,8-9,11-14,21H,5,7,10,15H2,1-4H3. The van der Waals surface area contributed by atoms with Crippen LogP contribution in [0.3, 0.4) is 0 Å². The van der Waals surface area contributed by atoms with Gasteiger partial charge < -0.3 is 14.4 Å². The van der Waals surface area contributed by atoms with E-state index in [0.717, 1.165) is 6.07 Å². The van der Waals surface area contributed by atoms with Crippen molar-refractivity contribution in [2.75, 3.05) is 13.2 Å². The Morgan fingerprint density at radius 3 is 2.60 bits per heavy atom. The van der Waals surface area contributed by atoms with E-state index in [-0.39, 0.29) is 11.1 Å². The molecule has 0 spiro atoms. The molecule has 1 aromatic heterocycles. The molecule has 1 unspecified atom stereocenters. The van der Waals surface area contributed by atoms with Crippen LogP contribution in [0.15, 0.2) is 42.6 Å². The van der Waals surface area contributed by atoms with Crippen LogP contribution in [0.4, 0.5) is 13.6 Å². The van der Waals surface area contributed by atoms with E-state index in [1.165, 1.54) is 23.2 Å². The second-order valence-corrected chi connectivity index (χ2v) is 9.44. The number of benzene rings is 2. The fourth-order valence-electron chi connectivity index (χ4n) is 4.43. The molecule has 0 N–H and O–H groups in total. The van der Waals surface area contributed by atoms with Gasteiger partial charge in [-0.05, 0) is 64.1 Å². The fourth-order valence-corrected chi connectivity index (χ4v) is 4.43. The van der Waals surface area contributed by atoms with Gasteiger partial charge in [0, 0.05) is 29.3 Å². The Morgan fingerprint density at radius 2 is 1.89 bits per heavy atom. The number of ketones is 1. The molecule has 184 valence electrons. The molecule has 2 aromatic carbocycles. The number of carbonyl (C=O) groups is 2. The Kier molecular flexibility index (Phi) is 6.74. The topological polar surface area (TPSA) is 68.7 Å². The minimum atomic E-state index is -0.966. The van der Waals surface area contributed by atoms with Gasteiger partial charge in [0.05, 0.1) is 18.2 Å². The maximum Gasteiger partial charge on any atom is 0.410 e. The highest BCUT2D eigenvalue weighted by molar-refractivity contribution is 6.17. The SMILES string of the molecule is CCOc1nccc2c(C(=O)c3c(F)ccc(C4CCCN4C(=O)OC(C)(C)C)c3F)cccc12. The number of amides is 1. The van der Waals surface area contributed by atoms with Gasteiger partial charge in [0.2, 0.25) is 5.88 Å². The highest BCUT2D eigenvalue weighted by Crippen LogP contribution is 2.37. The molecule has 1 aliphatic heterocycles. The number of halogens is 2. The normalized spacial score (nSPS) is 15.9. The van der Waals surface area contributed by atoms with Crippen LogP contribution >= 0.6 is 0 Å². The Morgan fingerprint density at radius 1 is 1.11 bits per heavy atom. The van der Waals surface area contributed by atoms with Crippen LogP contribution in [0.1, 0.15) is 68.1 Å². The minimum Gasteiger partial charge on any atom is -0.478 e. The number of fused-ring (bicyclic) bond motifs is 1. The number of nitrogens with zero attached hydrogens (tertiary/aromatic N) is 2. The van der Waals surface area contributed by atoms with E-state index in [9.17, 15) is 14.0 Å². The van der Waals surface area contributed by atoms with Gasteiger partial charge in [0.15, 0.2) is 5.78 Å². The molecule has 4 rings (SSSR count). The monoisotopic (exact) mass is 482 g/mol. The zero-order valence-corrected chi connectivity index (χ0v) is 20.2. The van der Waals surface area contributed by atoms with Gasteiger partial charge in [-0.1, -0.05) is 18.2 Å². The predicted molar refractivity (Wildman–Crippen MR) is 128 cm³/mol. The maximum atomic E-state index is 15.8. The fraction of sp³-hybridized carbons (Fsp3) is 0.370. The van der Waals surface area contributed by atoms with Crippen LogP contribution in [0.25, 0.3) is 10.8 Å². The molecule has 1 saturated heterocycles. The van der Waals surface area contributed by atoms with Crippen molar-refractivity contribution in [1.82, 2.24) is 9.88 Å². The Labute approximate surface area is 202 Å². The number of rotatable bonds is 5. The molecule has 2 heterocycles. The van der Waals surface area contributed by atoms with Gasteiger partial charge >= 0.3 is 6.09 Å². The molecule has 0 bridgehead atoms. The molecular formula is C27H28F2N2O4. The lowest BCUT2D eigenvalue weighted by Crippen LogP contribution is -2.36. The van der Waals surface area contributed by atoms with E-state index >= 15 is 4.39 Å². The Bertz CT molecular complexity index is 1290. The third kappa shape index (κ3) is 4.83. The van der Waals surface area contributed by atoms with Gasteiger partial charge in [-0.25, -0.2) is 18.6 Å². The number of aromatic nitrogens is 1. The summed E-state index contributed by atoms with van der Waals surface area (Å²) >= 11 is 0. The summed E-state index contributed by atoms with van der Waals surface area (Å²) in [6, 6.07) is 8.23. The summed E-state index contributed by atoms with van der Waals surface area (Å²) < 4.78 is 41.8. The zero-order chi connectivity index (χ0) is 25.3. The van der Waals surface area contributed by atoms with Crippen molar-refractivity contribution in [1.29, 1.82) is 0 Å². The summed E-state index contributed by atoms with van der Waals surface area (Å²) in [6.07, 6.45) is 2.04. The average Bonchev–Trinajstić information content (AvgIpc) is 3.28. The largest absolute Gasteiger partial charge is 0.478 e. The van der Waals surface area contributed by atoms with Crippen LogP contribution in [-0.4, -0.2) is 40.5 Å². The van der Waals surface area contributed by atoms with Crippen molar-refractivity contribution in [2.24, 2.45) is 0 Å². The number of pyridine rings is 1. The first-order valence-corrected chi connectivity index (χ1v) is 11.6. The lowest BCUT2D eigenvalue weighted by molar-refractivity contribution is 0.0222. The summed E-state index contributed by atoms with van der Waals surface area (Å²) in [4.78, 5) is 31.8. The molecule has 6 nitrogen and oxygen atoms in total. The van der Waals surface area contributed by atoms with Crippen LogP contribution in [0, 0.1) is 11.6 Å². The smallest absolute Gasteiger partial charge is 0.410 e. The average molecular weight is 483 g/mol. The molecule has 1 aliphatic rings. The van der Waals surface area contributed by atoms with E-state index in [2.05, 4.69) is 4.98 Å². The first-order valence-electron chi connectivity index (χ1n) is 11.6. The van der Waals surface area contributed by atoms with Crippen LogP contribution in [-0.2, 0) is 4.74 Å². The number of carbonyl (C=O) groups excluding carboxylic acids is 2. The summed E-state index contributed by atoms with van der Waals surface area (Å²) in [6.45, 7) is 7.84. The van der Waals surface area contributed by atoms with E-state index in [1.807, 2.05) is 6.92 Å². The Hall–Kier alpha value is -3.55. The van der Waals surface area contributed by atoms with E-state index < -0.39 is 40.7 Å². The summed E-state index contributed by atoms with van der Waals surface area (Å²) in [7, 11) is 0. The quantitative estimate of drug-likeness (QED) is 0.404. The lowest BCUT2D eigenvalue weighted by atomic mass is 9.93. The molecule has 8 heteroatoms. The second-order valence-electron chi connectivity index (χ2n) is 9.44. The van der Waals surface area contributed by atoms with E-state index in [4.69, 9.17) is 9.47 Å². The third-order valence-corrected chi connectivity index (χ3v) is 5.88. The molecule has 35 heavy (non-hydrogen) atoms. The predicted octanol–water partition coefficient (Wildman–Crippen LogP) is 6.21. The third-order valence-electron chi connectivity index (χ3n) is 5.88. The Balaban J connectivity index is 1.76. The van der Waals surface area contributed by atoms with Crippen LogP contribution < -0.4 is 4.74 Å². The molecule has 1 fully saturated rings. The summed E-state index contributed by atoms with van der Waals surface area (Å²) in [5, 5.41) is 1.06. The van der Waals surface area contributed by atoms with Gasteiger partial charge in [-0.2, -0.15) is 0 Å². The number of hydrogen-bond acceptors (Lipinski definition) is 5. The van der Waals surface area contributed by atoms with Crippen molar-refractivity contribution in [3.8, 4) is 5.88 Å². The van der Waals surface area contributed by atoms with Crippen molar-refractivity contribution in [3.63, 3.8) is 0 Å². The van der Waals surface area contributed by atoms with Gasteiger partial charge in [-0.15, -0.1) is 0 Å². The summed E-state index contributed by atoms with van der Waals surface area (Å²) in [5.74, 6) is -2.38. The number of ether oxygens (including phenoxy) is 2. The van der Waals surface area contributed by atoms with Crippen molar-refractivity contribution in [2.45, 2.75) is 52.2 Å². The first-order chi connectivity index (χ1) is 16.6. The molecular weight excluding hydrogens is 454 g/mol. The van der Waals surface area contributed by atoms with Crippen molar-refractivity contribution < 1.29 is 27.8 Å². The van der Waals surface area contributed by atoms with Crippen molar-refractivity contribution >= 4 is 22.6 Å². The first kappa shape index (κ1) is 24.6. The number of likely N-dealkylation sites (tertiary alicyclic amines) is 1. The van der Waals surface area contributed by atoms with Gasteiger partial charge in [-0.3, -0.25) is 4.79 Å². The highest BCUT2D eigenvalue weighted by atomic mass is 19.1. The van der Waals surface area contributed by atoms with Gasteiger partial charge in [0.25, 0.3) is 0 Å². The number of hydrogen-bond donors (Lipinski definition) is 0. The molecule has 1 amide bonds. The van der Waals surface area contributed by atoms with Crippen LogP contribution in [0.2, 0.25) is 0 Å². The van der Waals surface area contributed by atoms with Crippen molar-refractivity contribution in [3.05, 3.63) is 70.9 Å². The van der Waals surface area contributed by atoms with Gasteiger partial charge in [0.1, 0.15) is 17.2 Å². The van der Waals surface area contributed by atoms with E-state index in [0.29, 0.717) is 42.6 Å². The minimum absolute atomic E-state index is 0.0926. The molecule has 0 radical (unpaired) electrons. The molecule has 1 atom stereocenters. The van der Waals surface area contributed by atoms with E-state index in [1.54, 1.807) is 39.0 Å². The molecule has 3 aromatic rings. The zero-order valence-electron chi connectivity index (χ0n) is 20.2. The highest BCUT2D eigenvalue weighted by Gasteiger charge is 2.36. The van der Waals surface area contributed by atoms with Crippen LogP contribution in [0.5, 0.6) is 5.88 Å². The lowest BCUT2D eigenvalue weighted by Gasteiger charge is -2.29. The molecule has 0 aliphatic carbocycles.